The number of isothiocyanates is 1. The Morgan fingerprint density at radius 2 is 2.36 bits per heavy atom. The molecule has 0 radical (unpaired) electrons. The van der Waals surface area contributed by atoms with E-state index in [9.17, 15) is 9.18 Å². The monoisotopic (exact) mass is 320 g/mol. The molecular weight excluding hydrogens is 307 g/mol. The van der Waals surface area contributed by atoms with E-state index >= 15 is 0 Å². The second-order valence-electron chi connectivity index (χ2n) is 4.20. The highest BCUT2D eigenvalue weighted by Crippen LogP contribution is 2.19. The van der Waals surface area contributed by atoms with Crippen molar-refractivity contribution >= 4 is 35.0 Å². The molecule has 0 spiro atoms. The quantitative estimate of drug-likeness (QED) is 0.677. The number of aliphatic imine (C=N–C) groups is 1. The van der Waals surface area contributed by atoms with Gasteiger partial charge >= 0.3 is 6.09 Å². The molecule has 0 aliphatic rings. The minimum Gasteiger partial charge on any atom is -0.450 e. The number of hydrogen-bond donors (Lipinski definition) is 1. The van der Waals surface area contributed by atoms with E-state index in [2.05, 4.69) is 32.8 Å². The third kappa shape index (κ3) is 3.97. The van der Waals surface area contributed by atoms with Crippen LogP contribution in [0.1, 0.15) is 12.5 Å². The summed E-state index contributed by atoms with van der Waals surface area (Å²) in [5.41, 5.74) is 0.426. The van der Waals surface area contributed by atoms with Gasteiger partial charge in [0.1, 0.15) is 0 Å². The lowest BCUT2D eigenvalue weighted by molar-refractivity contribution is 0.168. The van der Waals surface area contributed by atoms with Crippen molar-refractivity contribution in [1.82, 2.24) is 9.78 Å². The summed E-state index contributed by atoms with van der Waals surface area (Å²) < 4.78 is 20.6. The van der Waals surface area contributed by atoms with Crippen molar-refractivity contribution in [2.75, 3.05) is 11.9 Å². The lowest BCUT2D eigenvalue weighted by Crippen LogP contribution is -2.15. The molecule has 0 aliphatic heterocycles. The van der Waals surface area contributed by atoms with Crippen molar-refractivity contribution in [1.29, 1.82) is 0 Å². The number of rotatable bonds is 5. The molecule has 0 saturated heterocycles. The van der Waals surface area contributed by atoms with Crippen LogP contribution in [0, 0.1) is 5.82 Å². The van der Waals surface area contributed by atoms with Gasteiger partial charge in [0, 0.05) is 17.8 Å². The summed E-state index contributed by atoms with van der Waals surface area (Å²) in [6.07, 6.45) is 0.950. The Kier molecular flexibility index (Phi) is 5.35. The Bertz CT molecular complexity index is 725. The van der Waals surface area contributed by atoms with Gasteiger partial charge in [0.15, 0.2) is 11.6 Å². The molecule has 2 aromatic rings. The molecule has 0 atom stereocenters. The van der Waals surface area contributed by atoms with Gasteiger partial charge in [-0.2, -0.15) is 10.1 Å². The number of carbonyl (C=O) groups is 1. The summed E-state index contributed by atoms with van der Waals surface area (Å²) in [5, 5.41) is 8.67. The number of nitrogens with one attached hydrogen (secondary N) is 1. The SMILES string of the molecule is CCOC(=O)Nc1cccc(Cn2ccc(N=C=S)n2)c1F. The minimum atomic E-state index is -0.699. The van der Waals surface area contributed by atoms with Crippen LogP contribution in [-0.4, -0.2) is 27.6 Å². The molecule has 0 unspecified atom stereocenters. The lowest BCUT2D eigenvalue weighted by Gasteiger charge is -2.09. The smallest absolute Gasteiger partial charge is 0.411 e. The van der Waals surface area contributed by atoms with Crippen LogP contribution in [-0.2, 0) is 11.3 Å². The van der Waals surface area contributed by atoms with E-state index < -0.39 is 11.9 Å². The molecule has 22 heavy (non-hydrogen) atoms. The Morgan fingerprint density at radius 1 is 1.55 bits per heavy atom. The van der Waals surface area contributed by atoms with Crippen LogP contribution < -0.4 is 5.32 Å². The summed E-state index contributed by atoms with van der Waals surface area (Å²) in [7, 11) is 0. The van der Waals surface area contributed by atoms with Crippen LogP contribution in [0.2, 0.25) is 0 Å². The number of benzene rings is 1. The number of aromatic nitrogens is 2. The second kappa shape index (κ2) is 7.44. The maximum atomic E-state index is 14.3. The number of anilines is 1. The summed E-state index contributed by atoms with van der Waals surface area (Å²) >= 11 is 4.49. The molecule has 1 heterocycles. The Hall–Kier alpha value is -2.57. The first-order valence-corrected chi connectivity index (χ1v) is 6.87. The van der Waals surface area contributed by atoms with Gasteiger partial charge in [0.2, 0.25) is 0 Å². The summed E-state index contributed by atoms with van der Waals surface area (Å²) in [4.78, 5) is 15.1. The van der Waals surface area contributed by atoms with Gasteiger partial charge in [-0.1, -0.05) is 12.1 Å². The molecule has 1 amide bonds. The topological polar surface area (TPSA) is 68.5 Å². The predicted molar refractivity (Wildman–Crippen MR) is 83.1 cm³/mol. The average molecular weight is 320 g/mol. The number of amides is 1. The number of hydrogen-bond acceptors (Lipinski definition) is 5. The summed E-state index contributed by atoms with van der Waals surface area (Å²) in [6, 6.07) is 6.34. The van der Waals surface area contributed by atoms with Gasteiger partial charge in [-0.15, -0.1) is 0 Å². The number of halogens is 1. The highest BCUT2D eigenvalue weighted by molar-refractivity contribution is 7.78. The molecule has 0 bridgehead atoms. The highest BCUT2D eigenvalue weighted by Gasteiger charge is 2.12. The third-order valence-electron chi connectivity index (χ3n) is 2.71. The average Bonchev–Trinajstić information content (AvgIpc) is 2.91. The largest absolute Gasteiger partial charge is 0.450 e. The fourth-order valence-electron chi connectivity index (χ4n) is 1.80. The van der Waals surface area contributed by atoms with Crippen molar-refractivity contribution in [3.63, 3.8) is 0 Å². The van der Waals surface area contributed by atoms with E-state index in [1.54, 1.807) is 31.3 Å². The van der Waals surface area contributed by atoms with Crippen LogP contribution in [0.25, 0.3) is 0 Å². The number of ether oxygens (including phenoxy) is 1. The number of thiocarbonyl (C=S) groups is 1. The zero-order valence-corrected chi connectivity index (χ0v) is 12.6. The van der Waals surface area contributed by atoms with Crippen LogP contribution in [0.4, 0.5) is 20.7 Å². The number of nitrogens with zero attached hydrogens (tertiary/aromatic N) is 3. The van der Waals surface area contributed by atoms with Crippen molar-refractivity contribution in [3.8, 4) is 0 Å². The minimum absolute atomic E-state index is 0.0558. The molecular formula is C14H13FN4O2S. The van der Waals surface area contributed by atoms with Gasteiger partial charge in [0.25, 0.3) is 0 Å². The second-order valence-corrected chi connectivity index (χ2v) is 4.38. The Labute approximate surface area is 131 Å². The number of carbonyl (C=O) groups excluding carboxylic acids is 1. The van der Waals surface area contributed by atoms with Gasteiger partial charge < -0.3 is 4.74 Å². The predicted octanol–water partition coefficient (Wildman–Crippen LogP) is 3.37. The maximum absolute atomic E-state index is 14.3. The molecule has 1 aromatic heterocycles. The molecule has 0 aliphatic carbocycles. The van der Waals surface area contributed by atoms with Crippen LogP contribution in [0.15, 0.2) is 35.5 Å². The molecule has 1 N–H and O–H groups in total. The Balaban J connectivity index is 2.17. The molecule has 6 nitrogen and oxygen atoms in total. The molecule has 0 fully saturated rings. The van der Waals surface area contributed by atoms with Gasteiger partial charge in [-0.3, -0.25) is 10.00 Å². The molecule has 8 heteroatoms. The van der Waals surface area contributed by atoms with Crippen molar-refractivity contribution in [2.24, 2.45) is 4.99 Å². The van der Waals surface area contributed by atoms with Crippen LogP contribution in [0.5, 0.6) is 0 Å². The fraction of sp³-hybridized carbons (Fsp3) is 0.214. The Morgan fingerprint density at radius 3 is 3.09 bits per heavy atom. The summed E-state index contributed by atoms with van der Waals surface area (Å²) in [6.45, 7) is 2.07. The first-order valence-electron chi connectivity index (χ1n) is 6.46. The lowest BCUT2D eigenvalue weighted by atomic mass is 10.2. The molecule has 0 saturated carbocycles. The zero-order valence-electron chi connectivity index (χ0n) is 11.7. The summed E-state index contributed by atoms with van der Waals surface area (Å²) in [5.74, 6) is -0.137. The fourth-order valence-corrected chi connectivity index (χ4v) is 1.89. The van der Waals surface area contributed by atoms with Gasteiger partial charge in [0.05, 0.1) is 24.0 Å². The standard InChI is InChI=1S/C14H13FN4O2S/c1-2-21-14(20)17-11-5-3-4-10(13(11)15)8-19-7-6-12(18-19)16-9-22/h3-7H,2,8H2,1H3,(H,17,20). The van der Waals surface area contributed by atoms with E-state index in [0.29, 0.717) is 11.4 Å². The van der Waals surface area contributed by atoms with E-state index in [1.807, 2.05) is 0 Å². The zero-order chi connectivity index (χ0) is 15.9. The first kappa shape index (κ1) is 15.8. The van der Waals surface area contributed by atoms with Crippen molar-refractivity contribution in [2.45, 2.75) is 13.5 Å². The third-order valence-corrected chi connectivity index (χ3v) is 2.80. The van der Waals surface area contributed by atoms with Crippen LogP contribution >= 0.6 is 12.2 Å². The van der Waals surface area contributed by atoms with E-state index in [1.165, 1.54) is 10.7 Å². The van der Waals surface area contributed by atoms with Gasteiger partial charge in [-0.25, -0.2) is 9.18 Å². The van der Waals surface area contributed by atoms with E-state index in [-0.39, 0.29) is 18.8 Å². The molecule has 114 valence electrons. The highest BCUT2D eigenvalue weighted by atomic mass is 32.1. The van der Waals surface area contributed by atoms with Crippen molar-refractivity contribution in [3.05, 3.63) is 41.8 Å². The molecule has 2 rings (SSSR count). The maximum Gasteiger partial charge on any atom is 0.411 e. The van der Waals surface area contributed by atoms with Crippen molar-refractivity contribution < 1.29 is 13.9 Å². The van der Waals surface area contributed by atoms with E-state index in [0.717, 1.165) is 0 Å². The van der Waals surface area contributed by atoms with Gasteiger partial charge in [-0.05, 0) is 25.2 Å². The van der Waals surface area contributed by atoms with Crippen LogP contribution in [0.3, 0.4) is 0 Å². The van der Waals surface area contributed by atoms with E-state index in [4.69, 9.17) is 4.74 Å². The first-order chi connectivity index (χ1) is 10.6. The normalized spacial score (nSPS) is 9.91. The molecule has 1 aromatic carbocycles.